The van der Waals surface area contributed by atoms with Crippen molar-refractivity contribution in [3.63, 3.8) is 0 Å². The van der Waals surface area contributed by atoms with Gasteiger partial charge >= 0.3 is 0 Å². The number of aromatic amines is 1. The fourth-order valence-electron chi connectivity index (χ4n) is 2.09. The molecule has 0 spiro atoms. The molecule has 1 atom stereocenters. The number of amides is 1. The molecule has 0 fully saturated rings. The Morgan fingerprint density at radius 3 is 2.86 bits per heavy atom. The Balaban J connectivity index is 1.81. The molecule has 1 amide bonds. The number of aliphatic hydroxyl groups is 1. The number of hydrogen-bond donors (Lipinski definition) is 3. The Morgan fingerprint density at radius 2 is 2.10 bits per heavy atom. The number of rotatable bonds is 3. The average Bonchev–Trinajstić information content (AvgIpc) is 2.88. The van der Waals surface area contributed by atoms with Gasteiger partial charge in [-0.2, -0.15) is 5.10 Å². The number of nitrogens with one attached hydrogen (secondary N) is 2. The Labute approximate surface area is 120 Å². The summed E-state index contributed by atoms with van der Waals surface area (Å²) in [6.45, 7) is 1.88. The van der Waals surface area contributed by atoms with Crippen LogP contribution < -0.4 is 5.32 Å². The highest BCUT2D eigenvalue weighted by Crippen LogP contribution is 2.19. The SMILES string of the molecule is Cc1[nH]nc2ncc(NC(=O)C(O)c3ccccc3)cc12. The van der Waals surface area contributed by atoms with E-state index in [-0.39, 0.29) is 0 Å². The number of pyridine rings is 1. The maximum atomic E-state index is 12.1. The summed E-state index contributed by atoms with van der Waals surface area (Å²) in [7, 11) is 0. The highest BCUT2D eigenvalue weighted by atomic mass is 16.3. The van der Waals surface area contributed by atoms with Crippen LogP contribution in [-0.2, 0) is 4.79 Å². The first-order valence-corrected chi connectivity index (χ1v) is 6.50. The molecule has 2 aromatic heterocycles. The third-order valence-corrected chi connectivity index (χ3v) is 3.23. The summed E-state index contributed by atoms with van der Waals surface area (Å²) < 4.78 is 0. The molecule has 0 aliphatic rings. The lowest BCUT2D eigenvalue weighted by Crippen LogP contribution is -2.20. The number of carbonyl (C=O) groups excluding carboxylic acids is 1. The van der Waals surface area contributed by atoms with Crippen molar-refractivity contribution < 1.29 is 9.90 Å². The second kappa shape index (κ2) is 5.34. The van der Waals surface area contributed by atoms with Crippen LogP contribution in [0.15, 0.2) is 42.6 Å². The smallest absolute Gasteiger partial charge is 0.257 e. The van der Waals surface area contributed by atoms with E-state index in [2.05, 4.69) is 20.5 Å². The van der Waals surface area contributed by atoms with Crippen molar-refractivity contribution in [2.75, 3.05) is 5.32 Å². The van der Waals surface area contributed by atoms with Gasteiger partial charge in [-0.05, 0) is 18.6 Å². The van der Waals surface area contributed by atoms with Crippen LogP contribution in [0.25, 0.3) is 11.0 Å². The van der Waals surface area contributed by atoms with E-state index in [1.807, 2.05) is 13.0 Å². The molecule has 0 radical (unpaired) electrons. The number of aryl methyl sites for hydroxylation is 1. The van der Waals surface area contributed by atoms with E-state index in [1.165, 1.54) is 6.20 Å². The van der Waals surface area contributed by atoms with Crippen LogP contribution in [0.5, 0.6) is 0 Å². The van der Waals surface area contributed by atoms with Crippen LogP contribution in [0.2, 0.25) is 0 Å². The van der Waals surface area contributed by atoms with Gasteiger partial charge in [0.15, 0.2) is 11.8 Å². The first kappa shape index (κ1) is 13.3. The van der Waals surface area contributed by atoms with E-state index in [0.717, 1.165) is 11.1 Å². The van der Waals surface area contributed by atoms with Gasteiger partial charge < -0.3 is 10.4 Å². The van der Waals surface area contributed by atoms with E-state index in [1.54, 1.807) is 30.3 Å². The molecular weight excluding hydrogens is 268 g/mol. The number of carbonyl (C=O) groups is 1. The maximum Gasteiger partial charge on any atom is 0.257 e. The van der Waals surface area contributed by atoms with Crippen LogP contribution in [0.4, 0.5) is 5.69 Å². The van der Waals surface area contributed by atoms with Crippen molar-refractivity contribution in [1.82, 2.24) is 15.2 Å². The number of benzene rings is 1. The summed E-state index contributed by atoms with van der Waals surface area (Å²) >= 11 is 0. The lowest BCUT2D eigenvalue weighted by atomic mass is 10.1. The molecule has 1 aromatic carbocycles. The molecule has 0 aliphatic heterocycles. The number of anilines is 1. The zero-order valence-electron chi connectivity index (χ0n) is 11.4. The second-order valence-corrected chi connectivity index (χ2v) is 4.75. The van der Waals surface area contributed by atoms with Crippen LogP contribution in [0, 0.1) is 6.92 Å². The van der Waals surface area contributed by atoms with Gasteiger partial charge in [0.25, 0.3) is 5.91 Å². The van der Waals surface area contributed by atoms with E-state index < -0.39 is 12.0 Å². The van der Waals surface area contributed by atoms with Crippen molar-refractivity contribution in [3.8, 4) is 0 Å². The molecule has 21 heavy (non-hydrogen) atoms. The Morgan fingerprint density at radius 1 is 1.33 bits per heavy atom. The highest BCUT2D eigenvalue weighted by molar-refractivity contribution is 5.96. The summed E-state index contributed by atoms with van der Waals surface area (Å²) in [5.41, 5.74) is 2.53. The first-order chi connectivity index (χ1) is 10.1. The quantitative estimate of drug-likeness (QED) is 0.684. The van der Waals surface area contributed by atoms with Gasteiger partial charge in [-0.15, -0.1) is 0 Å². The third-order valence-electron chi connectivity index (χ3n) is 3.23. The number of aromatic nitrogens is 3. The van der Waals surface area contributed by atoms with Gasteiger partial charge in [0.05, 0.1) is 11.9 Å². The molecule has 6 nitrogen and oxygen atoms in total. The molecule has 2 heterocycles. The monoisotopic (exact) mass is 282 g/mol. The van der Waals surface area contributed by atoms with Crippen LogP contribution in [-0.4, -0.2) is 26.2 Å². The van der Waals surface area contributed by atoms with Crippen molar-refractivity contribution in [2.45, 2.75) is 13.0 Å². The van der Waals surface area contributed by atoms with E-state index >= 15 is 0 Å². The molecule has 0 aliphatic carbocycles. The van der Waals surface area contributed by atoms with Gasteiger partial charge in [0.2, 0.25) is 0 Å². The molecule has 3 rings (SSSR count). The molecule has 0 saturated heterocycles. The largest absolute Gasteiger partial charge is 0.378 e. The summed E-state index contributed by atoms with van der Waals surface area (Å²) in [6, 6.07) is 10.5. The standard InChI is InChI=1S/C15H14N4O2/c1-9-12-7-11(8-16-14(12)19-18-9)17-15(21)13(20)10-5-3-2-4-6-10/h2-8,13,20H,1H3,(H,17,21)(H,16,18,19). The zero-order valence-corrected chi connectivity index (χ0v) is 11.4. The summed E-state index contributed by atoms with van der Waals surface area (Å²) in [5, 5.41) is 20.4. The topological polar surface area (TPSA) is 90.9 Å². The molecule has 0 saturated carbocycles. The predicted octanol–water partition coefficient (Wildman–Crippen LogP) is 1.94. The van der Waals surface area contributed by atoms with E-state index in [4.69, 9.17) is 0 Å². The third kappa shape index (κ3) is 2.61. The summed E-state index contributed by atoms with van der Waals surface area (Å²) in [4.78, 5) is 16.2. The van der Waals surface area contributed by atoms with Crippen molar-refractivity contribution in [2.24, 2.45) is 0 Å². The Bertz CT molecular complexity index is 783. The average molecular weight is 282 g/mol. The number of fused-ring (bicyclic) bond motifs is 1. The Kier molecular flexibility index (Phi) is 3.37. The molecule has 1 unspecified atom stereocenters. The van der Waals surface area contributed by atoms with Gasteiger partial charge in [0.1, 0.15) is 0 Å². The zero-order chi connectivity index (χ0) is 14.8. The number of aliphatic hydroxyl groups excluding tert-OH is 1. The second-order valence-electron chi connectivity index (χ2n) is 4.75. The fourth-order valence-corrected chi connectivity index (χ4v) is 2.09. The van der Waals surface area contributed by atoms with Gasteiger partial charge in [-0.25, -0.2) is 4.98 Å². The molecule has 6 heteroatoms. The first-order valence-electron chi connectivity index (χ1n) is 6.50. The van der Waals surface area contributed by atoms with Gasteiger partial charge in [-0.1, -0.05) is 30.3 Å². The van der Waals surface area contributed by atoms with Crippen LogP contribution in [0.3, 0.4) is 0 Å². The van der Waals surface area contributed by atoms with Gasteiger partial charge in [-0.3, -0.25) is 9.89 Å². The number of hydrogen-bond acceptors (Lipinski definition) is 4. The molecular formula is C15H14N4O2. The minimum Gasteiger partial charge on any atom is -0.378 e. The van der Waals surface area contributed by atoms with Crippen molar-refractivity contribution >= 4 is 22.6 Å². The highest BCUT2D eigenvalue weighted by Gasteiger charge is 2.17. The summed E-state index contributed by atoms with van der Waals surface area (Å²) in [5.74, 6) is -0.497. The van der Waals surface area contributed by atoms with Crippen molar-refractivity contribution in [1.29, 1.82) is 0 Å². The molecule has 106 valence electrons. The molecule has 3 N–H and O–H groups in total. The van der Waals surface area contributed by atoms with Crippen LogP contribution >= 0.6 is 0 Å². The maximum absolute atomic E-state index is 12.1. The predicted molar refractivity (Wildman–Crippen MR) is 78.7 cm³/mol. The molecule has 3 aromatic rings. The van der Waals surface area contributed by atoms with E-state index in [0.29, 0.717) is 16.9 Å². The lowest BCUT2D eigenvalue weighted by Gasteiger charge is -2.11. The normalized spacial score (nSPS) is 12.3. The number of nitrogens with zero attached hydrogens (tertiary/aromatic N) is 2. The van der Waals surface area contributed by atoms with Crippen LogP contribution in [0.1, 0.15) is 17.4 Å². The van der Waals surface area contributed by atoms with Crippen molar-refractivity contribution in [3.05, 3.63) is 53.9 Å². The number of H-pyrrole nitrogens is 1. The molecule has 0 bridgehead atoms. The Hall–Kier alpha value is -2.73. The minimum absolute atomic E-state index is 0.497. The lowest BCUT2D eigenvalue weighted by molar-refractivity contribution is -0.124. The fraction of sp³-hybridized carbons (Fsp3) is 0.133. The minimum atomic E-state index is -1.22. The van der Waals surface area contributed by atoms with Gasteiger partial charge in [0, 0.05) is 11.1 Å². The van der Waals surface area contributed by atoms with E-state index in [9.17, 15) is 9.90 Å². The summed E-state index contributed by atoms with van der Waals surface area (Å²) in [6.07, 6.45) is 0.297.